The summed E-state index contributed by atoms with van der Waals surface area (Å²) in [6.07, 6.45) is 2.67. The van der Waals surface area contributed by atoms with Crippen molar-refractivity contribution in [1.29, 1.82) is 0 Å². The minimum Gasteiger partial charge on any atom is -0.325 e. The quantitative estimate of drug-likeness (QED) is 0.845. The molecule has 134 valence electrons. The van der Waals surface area contributed by atoms with Crippen molar-refractivity contribution in [3.05, 3.63) is 71.8 Å². The Balaban J connectivity index is 1.44. The van der Waals surface area contributed by atoms with E-state index in [1.807, 2.05) is 48.5 Å². The first-order chi connectivity index (χ1) is 12.7. The van der Waals surface area contributed by atoms with Gasteiger partial charge in [-0.3, -0.25) is 9.69 Å². The van der Waals surface area contributed by atoms with Gasteiger partial charge in [0, 0.05) is 19.0 Å². The zero-order valence-electron chi connectivity index (χ0n) is 14.7. The van der Waals surface area contributed by atoms with Crippen molar-refractivity contribution in [1.82, 2.24) is 15.1 Å². The van der Waals surface area contributed by atoms with Crippen LogP contribution < -0.4 is 5.32 Å². The van der Waals surface area contributed by atoms with Crippen LogP contribution in [0.1, 0.15) is 30.0 Å². The van der Waals surface area contributed by atoms with E-state index >= 15 is 0 Å². The highest BCUT2D eigenvalue weighted by atomic mass is 16.2. The van der Waals surface area contributed by atoms with Crippen LogP contribution in [0.4, 0.5) is 4.79 Å². The summed E-state index contributed by atoms with van der Waals surface area (Å²) < 4.78 is 0. The molecule has 0 saturated carbocycles. The predicted octanol–water partition coefficient (Wildman–Crippen LogP) is 2.94. The first-order valence-electron chi connectivity index (χ1n) is 9.17. The standard InChI is InChI=1S/C21H23N3O2/c25-20-18(14-16-8-3-1-4-9-16)22-21(26)24(20)15-23-13-7-12-19(23)17-10-5-2-6-11-17/h1-6,8-11,18-19H,7,12-15H2,(H,22,26). The van der Waals surface area contributed by atoms with Crippen molar-refractivity contribution in [2.24, 2.45) is 0 Å². The maximum absolute atomic E-state index is 12.8. The zero-order valence-corrected chi connectivity index (χ0v) is 14.7. The van der Waals surface area contributed by atoms with Crippen LogP contribution in [0.15, 0.2) is 60.7 Å². The van der Waals surface area contributed by atoms with Crippen LogP contribution in [0.25, 0.3) is 0 Å². The number of hydrogen-bond acceptors (Lipinski definition) is 3. The van der Waals surface area contributed by atoms with Gasteiger partial charge >= 0.3 is 6.03 Å². The molecule has 2 saturated heterocycles. The summed E-state index contributed by atoms with van der Waals surface area (Å²) in [5, 5.41) is 2.84. The van der Waals surface area contributed by atoms with Crippen LogP contribution in [0.2, 0.25) is 0 Å². The average Bonchev–Trinajstić information content (AvgIpc) is 3.24. The molecular weight excluding hydrogens is 326 g/mol. The second-order valence-electron chi connectivity index (χ2n) is 6.98. The second-order valence-corrected chi connectivity index (χ2v) is 6.98. The first-order valence-corrected chi connectivity index (χ1v) is 9.17. The summed E-state index contributed by atoms with van der Waals surface area (Å²) in [7, 11) is 0. The normalized spacial score (nSPS) is 23.5. The molecule has 0 aromatic heterocycles. The summed E-state index contributed by atoms with van der Waals surface area (Å²) in [5.41, 5.74) is 2.30. The van der Waals surface area contributed by atoms with Gasteiger partial charge in [-0.2, -0.15) is 0 Å². The SMILES string of the molecule is O=C1NC(Cc2ccccc2)C(=O)N1CN1CCCC1c1ccccc1. The van der Waals surface area contributed by atoms with Crippen LogP contribution in [0.3, 0.4) is 0 Å². The lowest BCUT2D eigenvalue weighted by Crippen LogP contribution is -2.41. The van der Waals surface area contributed by atoms with E-state index in [9.17, 15) is 9.59 Å². The molecule has 2 aliphatic rings. The molecule has 2 aromatic rings. The van der Waals surface area contributed by atoms with E-state index in [1.54, 1.807) is 0 Å². The van der Waals surface area contributed by atoms with Gasteiger partial charge in [0.05, 0.1) is 6.67 Å². The highest BCUT2D eigenvalue weighted by molar-refractivity contribution is 6.04. The fourth-order valence-electron chi connectivity index (χ4n) is 3.93. The molecule has 2 atom stereocenters. The Bertz CT molecular complexity index is 778. The molecule has 3 amide bonds. The number of amides is 3. The van der Waals surface area contributed by atoms with Gasteiger partial charge in [-0.15, -0.1) is 0 Å². The van der Waals surface area contributed by atoms with E-state index in [2.05, 4.69) is 22.3 Å². The van der Waals surface area contributed by atoms with Crippen molar-refractivity contribution < 1.29 is 9.59 Å². The third-order valence-corrected chi connectivity index (χ3v) is 5.26. The molecule has 5 heteroatoms. The maximum Gasteiger partial charge on any atom is 0.325 e. The lowest BCUT2D eigenvalue weighted by atomic mass is 10.0. The monoisotopic (exact) mass is 349 g/mol. The van der Waals surface area contributed by atoms with Gasteiger partial charge < -0.3 is 5.32 Å². The van der Waals surface area contributed by atoms with Crippen molar-refractivity contribution in [2.45, 2.75) is 31.3 Å². The fraction of sp³-hybridized carbons (Fsp3) is 0.333. The summed E-state index contributed by atoms with van der Waals surface area (Å²) >= 11 is 0. The van der Waals surface area contributed by atoms with Crippen LogP contribution >= 0.6 is 0 Å². The molecule has 0 bridgehead atoms. The lowest BCUT2D eigenvalue weighted by Gasteiger charge is -2.28. The molecule has 2 fully saturated rings. The Kier molecular flexibility index (Phi) is 4.71. The van der Waals surface area contributed by atoms with Crippen LogP contribution in [0.5, 0.6) is 0 Å². The van der Waals surface area contributed by atoms with Gasteiger partial charge in [0.25, 0.3) is 5.91 Å². The van der Waals surface area contributed by atoms with Gasteiger partial charge in [0.1, 0.15) is 6.04 Å². The number of nitrogens with one attached hydrogen (secondary N) is 1. The van der Waals surface area contributed by atoms with Gasteiger partial charge in [-0.05, 0) is 24.0 Å². The Labute approximate surface area is 153 Å². The van der Waals surface area contributed by atoms with Crippen molar-refractivity contribution in [3.63, 3.8) is 0 Å². The number of carbonyl (C=O) groups is 2. The number of carbonyl (C=O) groups excluding carboxylic acids is 2. The van der Waals surface area contributed by atoms with E-state index in [4.69, 9.17) is 0 Å². The van der Waals surface area contributed by atoms with Gasteiger partial charge in [-0.1, -0.05) is 60.7 Å². The molecule has 1 N–H and O–H groups in total. The van der Waals surface area contributed by atoms with E-state index < -0.39 is 6.04 Å². The average molecular weight is 349 g/mol. The topological polar surface area (TPSA) is 52.7 Å². The number of hydrogen-bond donors (Lipinski definition) is 1. The molecule has 2 aromatic carbocycles. The smallest absolute Gasteiger partial charge is 0.325 e. The second kappa shape index (κ2) is 7.30. The summed E-state index contributed by atoms with van der Waals surface area (Å²) in [6.45, 7) is 1.26. The van der Waals surface area contributed by atoms with Crippen molar-refractivity contribution in [2.75, 3.05) is 13.2 Å². The highest BCUT2D eigenvalue weighted by Gasteiger charge is 2.40. The number of urea groups is 1. The molecule has 4 rings (SSSR count). The minimum atomic E-state index is -0.470. The van der Waals surface area contributed by atoms with Crippen LogP contribution in [-0.4, -0.2) is 41.0 Å². The van der Waals surface area contributed by atoms with Crippen molar-refractivity contribution >= 4 is 11.9 Å². The largest absolute Gasteiger partial charge is 0.325 e. The molecule has 2 unspecified atom stereocenters. The summed E-state index contributed by atoms with van der Waals surface area (Å²) in [6, 6.07) is 19.6. The number of nitrogens with zero attached hydrogens (tertiary/aromatic N) is 2. The zero-order chi connectivity index (χ0) is 17.9. The van der Waals surface area contributed by atoms with Crippen molar-refractivity contribution in [3.8, 4) is 0 Å². The summed E-state index contributed by atoms with van der Waals surface area (Å²) in [5.74, 6) is -0.127. The Morgan fingerprint density at radius 3 is 2.38 bits per heavy atom. The van der Waals surface area contributed by atoms with Gasteiger partial charge in [0.15, 0.2) is 0 Å². The molecule has 26 heavy (non-hydrogen) atoms. The van der Waals surface area contributed by atoms with Crippen LogP contribution in [-0.2, 0) is 11.2 Å². The lowest BCUT2D eigenvalue weighted by molar-refractivity contribution is -0.129. The Morgan fingerprint density at radius 2 is 1.65 bits per heavy atom. The minimum absolute atomic E-state index is 0.127. The first kappa shape index (κ1) is 16.8. The number of likely N-dealkylation sites (tertiary alicyclic amines) is 1. The molecule has 5 nitrogen and oxygen atoms in total. The van der Waals surface area contributed by atoms with E-state index in [1.165, 1.54) is 10.5 Å². The maximum atomic E-state index is 12.8. The number of rotatable bonds is 5. The molecule has 2 aliphatic heterocycles. The molecule has 2 heterocycles. The van der Waals surface area contributed by atoms with Gasteiger partial charge in [-0.25, -0.2) is 9.69 Å². The number of imide groups is 1. The third-order valence-electron chi connectivity index (χ3n) is 5.26. The van der Waals surface area contributed by atoms with Gasteiger partial charge in [0.2, 0.25) is 0 Å². The van der Waals surface area contributed by atoms with Crippen LogP contribution in [0, 0.1) is 0 Å². The fourth-order valence-corrected chi connectivity index (χ4v) is 3.93. The van der Waals surface area contributed by atoms with E-state index in [-0.39, 0.29) is 18.0 Å². The van der Waals surface area contributed by atoms with E-state index in [0.717, 1.165) is 24.9 Å². The molecule has 0 aliphatic carbocycles. The predicted molar refractivity (Wildman–Crippen MR) is 99.3 cm³/mol. The number of benzene rings is 2. The molecular formula is C21H23N3O2. The van der Waals surface area contributed by atoms with E-state index in [0.29, 0.717) is 13.1 Å². The third kappa shape index (κ3) is 3.35. The Morgan fingerprint density at radius 1 is 0.962 bits per heavy atom. The highest BCUT2D eigenvalue weighted by Crippen LogP contribution is 2.32. The molecule has 0 radical (unpaired) electrons. The Hall–Kier alpha value is -2.66. The summed E-state index contributed by atoms with van der Waals surface area (Å²) in [4.78, 5) is 28.8. The molecule has 0 spiro atoms.